The summed E-state index contributed by atoms with van der Waals surface area (Å²) < 4.78 is 0. The summed E-state index contributed by atoms with van der Waals surface area (Å²) in [6.45, 7) is 1.87. The van der Waals surface area contributed by atoms with Crippen molar-refractivity contribution < 1.29 is 19.5 Å². The molecule has 1 heterocycles. The summed E-state index contributed by atoms with van der Waals surface area (Å²) in [5.74, 6) is -3.17. The van der Waals surface area contributed by atoms with Crippen LogP contribution in [0.5, 0.6) is 0 Å². The zero-order valence-corrected chi connectivity index (χ0v) is 14.7. The number of pyridine rings is 1. The number of amides is 3. The monoisotopic (exact) mass is 356 g/mol. The van der Waals surface area contributed by atoms with Crippen LogP contribution in [0.25, 0.3) is 11.1 Å². The lowest BCUT2D eigenvalue weighted by atomic mass is 10.0. The maximum Gasteiger partial charge on any atom is 0.302 e. The van der Waals surface area contributed by atoms with Crippen LogP contribution in [0.4, 0.5) is 0 Å². The minimum absolute atomic E-state index is 0.186. The molecule has 0 aliphatic carbocycles. The van der Waals surface area contributed by atoms with Crippen LogP contribution in [0.1, 0.15) is 16.1 Å². The molecule has 8 heteroatoms. The van der Waals surface area contributed by atoms with E-state index < -0.39 is 23.4 Å². The van der Waals surface area contributed by atoms with Crippen LogP contribution in [0.2, 0.25) is 0 Å². The third-order valence-electron chi connectivity index (χ3n) is 4.04. The van der Waals surface area contributed by atoms with Gasteiger partial charge < -0.3 is 16.2 Å². The fourth-order valence-corrected chi connectivity index (χ4v) is 2.47. The number of benzene rings is 1. The van der Waals surface area contributed by atoms with E-state index in [0.29, 0.717) is 4.90 Å². The molecular weight excluding hydrogens is 336 g/mol. The molecule has 0 bridgehead atoms. The molecular formula is C18H20N4O4. The van der Waals surface area contributed by atoms with E-state index in [2.05, 4.69) is 10.3 Å². The highest BCUT2D eigenvalue weighted by molar-refractivity contribution is 6.11. The number of aryl methyl sites for hydroxylation is 1. The number of aliphatic hydroxyl groups is 1. The first-order chi connectivity index (χ1) is 12.2. The van der Waals surface area contributed by atoms with E-state index in [0.717, 1.165) is 23.9 Å². The van der Waals surface area contributed by atoms with Gasteiger partial charge in [0.25, 0.3) is 17.7 Å². The van der Waals surface area contributed by atoms with Crippen LogP contribution in [-0.2, 0) is 9.59 Å². The molecule has 0 radical (unpaired) electrons. The van der Waals surface area contributed by atoms with Crippen LogP contribution in [0.3, 0.4) is 0 Å². The molecule has 26 heavy (non-hydrogen) atoms. The van der Waals surface area contributed by atoms with Crippen molar-refractivity contribution >= 4 is 17.7 Å². The largest absolute Gasteiger partial charge is 0.365 e. The molecule has 8 nitrogen and oxygen atoms in total. The van der Waals surface area contributed by atoms with Crippen molar-refractivity contribution in [2.24, 2.45) is 5.73 Å². The van der Waals surface area contributed by atoms with Gasteiger partial charge in [0.15, 0.2) is 0 Å². The zero-order valence-electron chi connectivity index (χ0n) is 14.7. The molecule has 1 unspecified atom stereocenters. The lowest BCUT2D eigenvalue weighted by Crippen LogP contribution is -2.65. The Hall–Kier alpha value is -3.26. The summed E-state index contributed by atoms with van der Waals surface area (Å²) >= 11 is 0. The maximum atomic E-state index is 12.6. The van der Waals surface area contributed by atoms with Crippen LogP contribution in [0.15, 0.2) is 42.6 Å². The highest BCUT2D eigenvalue weighted by atomic mass is 16.3. The van der Waals surface area contributed by atoms with Crippen molar-refractivity contribution in [2.45, 2.75) is 12.6 Å². The summed E-state index contributed by atoms with van der Waals surface area (Å²) in [5.41, 5.74) is 5.19. The van der Waals surface area contributed by atoms with E-state index in [1.807, 2.05) is 19.1 Å². The Balaban J connectivity index is 2.32. The SMILES string of the molecule is CNC(=O)C(O)(C(N)=O)N(C)C(=O)c1ccc(-c2ccnc(C)c2)cc1. The number of carbonyl (C=O) groups is 3. The highest BCUT2D eigenvalue weighted by Crippen LogP contribution is 2.21. The molecule has 0 aliphatic rings. The molecule has 0 spiro atoms. The molecule has 2 rings (SSSR count). The molecule has 4 N–H and O–H groups in total. The van der Waals surface area contributed by atoms with E-state index in [-0.39, 0.29) is 5.56 Å². The first-order valence-corrected chi connectivity index (χ1v) is 7.77. The van der Waals surface area contributed by atoms with Gasteiger partial charge in [0.1, 0.15) is 0 Å². The fourth-order valence-electron chi connectivity index (χ4n) is 2.47. The number of aromatic nitrogens is 1. The number of hydrogen-bond donors (Lipinski definition) is 3. The lowest BCUT2D eigenvalue weighted by Gasteiger charge is -2.32. The average molecular weight is 356 g/mol. The van der Waals surface area contributed by atoms with E-state index >= 15 is 0 Å². The third-order valence-corrected chi connectivity index (χ3v) is 4.04. The second kappa shape index (κ2) is 7.32. The number of nitrogens with two attached hydrogens (primary N) is 1. The quantitative estimate of drug-likeness (QED) is 0.515. The normalized spacial score (nSPS) is 12.8. The Morgan fingerprint density at radius 3 is 2.27 bits per heavy atom. The number of nitrogens with zero attached hydrogens (tertiary/aromatic N) is 2. The van der Waals surface area contributed by atoms with Gasteiger partial charge in [-0.15, -0.1) is 0 Å². The summed E-state index contributed by atoms with van der Waals surface area (Å²) in [5, 5.41) is 12.5. The van der Waals surface area contributed by atoms with Gasteiger partial charge in [0, 0.05) is 31.5 Å². The van der Waals surface area contributed by atoms with Gasteiger partial charge in [-0.3, -0.25) is 24.3 Å². The fraction of sp³-hybridized carbons (Fsp3) is 0.222. The predicted octanol–water partition coefficient (Wildman–Crippen LogP) is 0.0489. The third kappa shape index (κ3) is 3.40. The molecule has 136 valence electrons. The Bertz CT molecular complexity index is 851. The molecule has 0 saturated heterocycles. The molecule has 3 amide bonds. The minimum atomic E-state index is -2.79. The summed E-state index contributed by atoms with van der Waals surface area (Å²) in [7, 11) is 2.35. The molecule has 1 aromatic heterocycles. The van der Waals surface area contributed by atoms with Gasteiger partial charge in [0.2, 0.25) is 0 Å². The Labute approximate surface area is 150 Å². The number of nitrogens with one attached hydrogen (secondary N) is 1. The van der Waals surface area contributed by atoms with Gasteiger partial charge in [-0.25, -0.2) is 0 Å². The number of hydrogen-bond acceptors (Lipinski definition) is 5. The van der Waals surface area contributed by atoms with Crippen molar-refractivity contribution in [3.05, 3.63) is 53.9 Å². The van der Waals surface area contributed by atoms with Crippen LogP contribution in [0, 0.1) is 6.92 Å². The first kappa shape index (κ1) is 19.1. The number of primary amides is 1. The molecule has 0 fully saturated rings. The van der Waals surface area contributed by atoms with Gasteiger partial charge in [-0.05, 0) is 42.3 Å². The van der Waals surface area contributed by atoms with Crippen LogP contribution < -0.4 is 11.1 Å². The Kier molecular flexibility index (Phi) is 5.37. The molecule has 0 saturated carbocycles. The molecule has 1 aromatic carbocycles. The zero-order chi connectivity index (χ0) is 19.5. The Morgan fingerprint density at radius 2 is 1.77 bits per heavy atom. The Morgan fingerprint density at radius 1 is 1.15 bits per heavy atom. The topological polar surface area (TPSA) is 126 Å². The van der Waals surface area contributed by atoms with Crippen LogP contribution in [-0.4, -0.2) is 52.5 Å². The second-order valence-electron chi connectivity index (χ2n) is 5.74. The smallest absolute Gasteiger partial charge is 0.302 e. The van der Waals surface area contributed by atoms with Crippen molar-refractivity contribution in [3.8, 4) is 11.1 Å². The van der Waals surface area contributed by atoms with E-state index in [1.165, 1.54) is 19.2 Å². The summed E-state index contributed by atoms with van der Waals surface area (Å²) in [4.78, 5) is 40.8. The van der Waals surface area contributed by atoms with Crippen molar-refractivity contribution in [2.75, 3.05) is 14.1 Å². The standard InChI is InChI=1S/C18H20N4O4/c1-11-10-14(8-9-21-11)12-4-6-13(7-5-12)15(23)22(3)18(26,16(19)24)17(25)20-2/h4-10,26H,1-3H3,(H2,19,24)(H,20,25). The maximum absolute atomic E-state index is 12.6. The van der Waals surface area contributed by atoms with Crippen LogP contribution >= 0.6 is 0 Å². The van der Waals surface area contributed by atoms with Gasteiger partial charge in [0.05, 0.1) is 0 Å². The molecule has 0 aliphatic heterocycles. The number of rotatable bonds is 5. The molecule has 1 atom stereocenters. The van der Waals surface area contributed by atoms with E-state index in [1.54, 1.807) is 18.3 Å². The number of likely N-dealkylation sites (N-methyl/N-ethyl adjacent to an activating group) is 2. The molecule has 2 aromatic rings. The van der Waals surface area contributed by atoms with Gasteiger partial charge in [-0.1, -0.05) is 12.1 Å². The highest BCUT2D eigenvalue weighted by Gasteiger charge is 2.48. The van der Waals surface area contributed by atoms with Gasteiger partial charge >= 0.3 is 5.72 Å². The predicted molar refractivity (Wildman–Crippen MR) is 94.7 cm³/mol. The number of carbonyl (C=O) groups excluding carboxylic acids is 3. The average Bonchev–Trinajstić information content (AvgIpc) is 2.65. The van der Waals surface area contributed by atoms with Gasteiger partial charge in [-0.2, -0.15) is 0 Å². The lowest BCUT2D eigenvalue weighted by molar-refractivity contribution is -0.166. The minimum Gasteiger partial charge on any atom is -0.365 e. The second-order valence-corrected chi connectivity index (χ2v) is 5.74. The summed E-state index contributed by atoms with van der Waals surface area (Å²) in [6, 6.07) is 10.3. The van der Waals surface area contributed by atoms with E-state index in [4.69, 9.17) is 5.73 Å². The summed E-state index contributed by atoms with van der Waals surface area (Å²) in [6.07, 6.45) is 1.69. The van der Waals surface area contributed by atoms with E-state index in [9.17, 15) is 19.5 Å². The van der Waals surface area contributed by atoms with Crippen molar-refractivity contribution in [1.82, 2.24) is 15.2 Å². The van der Waals surface area contributed by atoms with Crippen molar-refractivity contribution in [1.29, 1.82) is 0 Å². The first-order valence-electron chi connectivity index (χ1n) is 7.77. The van der Waals surface area contributed by atoms with Crippen molar-refractivity contribution in [3.63, 3.8) is 0 Å².